The molecule has 1 saturated carbocycles. The van der Waals surface area contributed by atoms with Crippen LogP contribution in [0.5, 0.6) is 0 Å². The Kier molecular flexibility index (Phi) is 4.07. The molecule has 114 valence electrons. The van der Waals surface area contributed by atoms with Crippen molar-refractivity contribution >= 4 is 15.7 Å². The number of sulfone groups is 1. The third kappa shape index (κ3) is 2.74. The molecule has 1 aliphatic carbocycles. The summed E-state index contributed by atoms with van der Waals surface area (Å²) in [7, 11) is -3.18. The van der Waals surface area contributed by atoms with Crippen molar-refractivity contribution in [2.75, 3.05) is 18.8 Å². The molecule has 0 aromatic heterocycles. The minimum atomic E-state index is -3.18. The Balaban J connectivity index is 1.55. The van der Waals surface area contributed by atoms with Crippen LogP contribution in [0.25, 0.3) is 0 Å². The topological polar surface area (TPSA) is 54.5 Å². The SMILES string of the molecule is O=C(C1CCCCS1(=O)=O)N1CC(C2CCCCC2)C1. The molecule has 1 atom stereocenters. The number of rotatable bonds is 2. The Morgan fingerprint density at radius 1 is 0.850 bits per heavy atom. The summed E-state index contributed by atoms with van der Waals surface area (Å²) in [5.74, 6) is 1.49. The number of nitrogens with zero attached hydrogens (tertiary/aromatic N) is 1. The zero-order chi connectivity index (χ0) is 14.2. The molecule has 3 rings (SSSR count). The quantitative estimate of drug-likeness (QED) is 0.783. The van der Waals surface area contributed by atoms with Crippen LogP contribution in [-0.4, -0.2) is 43.3 Å². The molecule has 4 nitrogen and oxygen atoms in total. The van der Waals surface area contributed by atoms with Gasteiger partial charge in [0.25, 0.3) is 0 Å². The van der Waals surface area contributed by atoms with E-state index in [9.17, 15) is 13.2 Å². The highest BCUT2D eigenvalue weighted by atomic mass is 32.2. The largest absolute Gasteiger partial charge is 0.341 e. The van der Waals surface area contributed by atoms with Crippen LogP contribution in [0.2, 0.25) is 0 Å². The summed E-state index contributed by atoms with van der Waals surface area (Å²) >= 11 is 0. The number of hydrogen-bond donors (Lipinski definition) is 0. The third-order valence-electron chi connectivity index (χ3n) is 5.39. The van der Waals surface area contributed by atoms with Crippen LogP contribution in [0.3, 0.4) is 0 Å². The van der Waals surface area contributed by atoms with E-state index in [1.807, 2.05) is 0 Å². The van der Waals surface area contributed by atoms with Crippen molar-refractivity contribution in [1.29, 1.82) is 0 Å². The van der Waals surface area contributed by atoms with Gasteiger partial charge in [0.15, 0.2) is 9.84 Å². The molecule has 0 radical (unpaired) electrons. The van der Waals surface area contributed by atoms with Gasteiger partial charge in [-0.3, -0.25) is 4.79 Å². The van der Waals surface area contributed by atoms with Crippen molar-refractivity contribution in [2.45, 2.75) is 56.6 Å². The monoisotopic (exact) mass is 299 g/mol. The smallest absolute Gasteiger partial charge is 0.240 e. The molecule has 5 heteroatoms. The van der Waals surface area contributed by atoms with E-state index >= 15 is 0 Å². The summed E-state index contributed by atoms with van der Waals surface area (Å²) in [4.78, 5) is 14.2. The van der Waals surface area contributed by atoms with Crippen LogP contribution in [0.1, 0.15) is 51.4 Å². The van der Waals surface area contributed by atoms with Crippen molar-refractivity contribution in [2.24, 2.45) is 11.8 Å². The zero-order valence-corrected chi connectivity index (χ0v) is 12.9. The van der Waals surface area contributed by atoms with E-state index in [0.717, 1.165) is 31.8 Å². The number of amides is 1. The van der Waals surface area contributed by atoms with Gasteiger partial charge >= 0.3 is 0 Å². The van der Waals surface area contributed by atoms with Crippen LogP contribution < -0.4 is 0 Å². The van der Waals surface area contributed by atoms with E-state index < -0.39 is 15.1 Å². The van der Waals surface area contributed by atoms with Gasteiger partial charge in [-0.2, -0.15) is 0 Å². The standard InChI is InChI=1S/C15H25NO3S/c17-15(14-8-4-5-9-20(14,18)19)16-10-13(11-16)12-6-2-1-3-7-12/h12-14H,1-11H2. The summed E-state index contributed by atoms with van der Waals surface area (Å²) in [6, 6.07) is 0. The lowest BCUT2D eigenvalue weighted by atomic mass is 9.76. The summed E-state index contributed by atoms with van der Waals surface area (Å²) in [5, 5.41) is -0.733. The van der Waals surface area contributed by atoms with Gasteiger partial charge in [0.1, 0.15) is 5.25 Å². The molecule has 2 heterocycles. The van der Waals surface area contributed by atoms with Gasteiger partial charge in [-0.25, -0.2) is 8.42 Å². The Labute approximate surface area is 121 Å². The van der Waals surface area contributed by atoms with E-state index in [-0.39, 0.29) is 11.7 Å². The number of hydrogen-bond acceptors (Lipinski definition) is 3. The number of carbonyl (C=O) groups excluding carboxylic acids is 1. The van der Waals surface area contributed by atoms with E-state index in [0.29, 0.717) is 12.3 Å². The molecule has 0 N–H and O–H groups in total. The molecule has 0 aromatic carbocycles. The van der Waals surface area contributed by atoms with E-state index in [2.05, 4.69) is 0 Å². The predicted octanol–water partition coefficient (Wildman–Crippen LogP) is 1.99. The lowest BCUT2D eigenvalue weighted by Crippen LogP contribution is -2.57. The fraction of sp³-hybridized carbons (Fsp3) is 0.933. The molecule has 0 bridgehead atoms. The molecule has 1 unspecified atom stereocenters. The highest BCUT2D eigenvalue weighted by molar-refractivity contribution is 7.92. The Morgan fingerprint density at radius 2 is 1.50 bits per heavy atom. The van der Waals surface area contributed by atoms with Gasteiger partial charge in [-0.15, -0.1) is 0 Å². The van der Waals surface area contributed by atoms with Gasteiger partial charge in [0.05, 0.1) is 5.75 Å². The molecule has 3 fully saturated rings. The molecule has 2 aliphatic heterocycles. The van der Waals surface area contributed by atoms with Crippen LogP contribution in [0, 0.1) is 11.8 Å². The maximum absolute atomic E-state index is 12.4. The van der Waals surface area contributed by atoms with Crippen LogP contribution in [-0.2, 0) is 14.6 Å². The van der Waals surface area contributed by atoms with E-state index in [1.165, 1.54) is 32.1 Å². The van der Waals surface area contributed by atoms with Crippen molar-refractivity contribution in [3.8, 4) is 0 Å². The normalized spacial score (nSPS) is 31.8. The van der Waals surface area contributed by atoms with Gasteiger partial charge in [0, 0.05) is 13.1 Å². The van der Waals surface area contributed by atoms with E-state index in [1.54, 1.807) is 4.90 Å². The first-order valence-electron chi connectivity index (χ1n) is 8.08. The molecular formula is C15H25NO3S. The van der Waals surface area contributed by atoms with E-state index in [4.69, 9.17) is 0 Å². The number of likely N-dealkylation sites (tertiary alicyclic amines) is 1. The second-order valence-corrected chi connectivity index (χ2v) is 9.06. The van der Waals surface area contributed by atoms with Gasteiger partial charge in [-0.05, 0) is 24.7 Å². The van der Waals surface area contributed by atoms with Gasteiger partial charge < -0.3 is 4.90 Å². The fourth-order valence-electron chi connectivity index (χ4n) is 4.03. The van der Waals surface area contributed by atoms with Gasteiger partial charge in [-0.1, -0.05) is 38.5 Å². The maximum Gasteiger partial charge on any atom is 0.240 e. The highest BCUT2D eigenvalue weighted by Gasteiger charge is 2.43. The fourth-order valence-corrected chi connectivity index (χ4v) is 5.90. The first-order valence-corrected chi connectivity index (χ1v) is 9.80. The Hall–Kier alpha value is -0.580. The van der Waals surface area contributed by atoms with Crippen LogP contribution in [0.15, 0.2) is 0 Å². The minimum Gasteiger partial charge on any atom is -0.341 e. The molecule has 3 aliphatic rings. The average Bonchev–Trinajstić information content (AvgIpc) is 2.37. The molecule has 0 aromatic rings. The molecule has 1 amide bonds. The Morgan fingerprint density at radius 3 is 2.15 bits per heavy atom. The summed E-state index contributed by atoms with van der Waals surface area (Å²) in [5.41, 5.74) is 0. The molecule has 0 spiro atoms. The van der Waals surface area contributed by atoms with Crippen molar-refractivity contribution in [3.63, 3.8) is 0 Å². The van der Waals surface area contributed by atoms with Crippen LogP contribution in [0.4, 0.5) is 0 Å². The molecule has 2 saturated heterocycles. The summed E-state index contributed by atoms with van der Waals surface area (Å²) in [6.07, 6.45) is 8.73. The molecular weight excluding hydrogens is 274 g/mol. The summed E-state index contributed by atoms with van der Waals surface area (Å²) < 4.78 is 24.0. The Bertz CT molecular complexity index is 462. The average molecular weight is 299 g/mol. The molecule has 20 heavy (non-hydrogen) atoms. The van der Waals surface area contributed by atoms with Crippen molar-refractivity contribution < 1.29 is 13.2 Å². The second-order valence-electron chi connectivity index (χ2n) is 6.75. The van der Waals surface area contributed by atoms with Gasteiger partial charge in [0.2, 0.25) is 5.91 Å². The predicted molar refractivity (Wildman–Crippen MR) is 78.1 cm³/mol. The maximum atomic E-state index is 12.4. The second kappa shape index (κ2) is 5.66. The van der Waals surface area contributed by atoms with Crippen molar-refractivity contribution in [3.05, 3.63) is 0 Å². The number of carbonyl (C=O) groups is 1. The lowest BCUT2D eigenvalue weighted by Gasteiger charge is -2.46. The highest BCUT2D eigenvalue weighted by Crippen LogP contribution is 2.36. The van der Waals surface area contributed by atoms with Crippen LogP contribution >= 0.6 is 0 Å². The first kappa shape index (κ1) is 14.4. The minimum absolute atomic E-state index is 0.114. The lowest BCUT2D eigenvalue weighted by molar-refractivity contribution is -0.139. The summed E-state index contributed by atoms with van der Waals surface area (Å²) in [6.45, 7) is 1.60. The zero-order valence-electron chi connectivity index (χ0n) is 12.1. The first-order chi connectivity index (χ1) is 9.58. The van der Waals surface area contributed by atoms with Crippen molar-refractivity contribution in [1.82, 2.24) is 4.90 Å². The third-order valence-corrected chi connectivity index (χ3v) is 7.55.